The Bertz CT molecular complexity index is 247. The molecule has 86 valence electrons. The maximum absolute atomic E-state index is 11.4. The molecule has 0 heterocycles. The van der Waals surface area contributed by atoms with Gasteiger partial charge in [0.2, 0.25) is 0 Å². The summed E-state index contributed by atoms with van der Waals surface area (Å²) >= 11 is 0. The monoisotopic (exact) mass is 212 g/mol. The number of carbonyl (C=O) groups is 1. The van der Waals surface area contributed by atoms with Crippen molar-refractivity contribution in [3.05, 3.63) is 12.2 Å². The van der Waals surface area contributed by atoms with Crippen molar-refractivity contribution < 1.29 is 14.6 Å². The van der Waals surface area contributed by atoms with Crippen LogP contribution in [-0.4, -0.2) is 24.8 Å². The lowest BCUT2D eigenvalue weighted by Crippen LogP contribution is -2.35. The minimum absolute atomic E-state index is 0.627. The van der Waals surface area contributed by atoms with Crippen LogP contribution in [0.4, 0.5) is 0 Å². The zero-order valence-corrected chi connectivity index (χ0v) is 9.42. The van der Waals surface area contributed by atoms with Gasteiger partial charge in [-0.25, -0.2) is 0 Å². The van der Waals surface area contributed by atoms with Crippen LogP contribution >= 0.6 is 0 Å². The summed E-state index contributed by atoms with van der Waals surface area (Å²) in [6.07, 6.45) is 5.14. The van der Waals surface area contributed by atoms with Crippen molar-refractivity contribution in [1.82, 2.24) is 0 Å². The smallest absolute Gasteiger partial charge is 0.313 e. The first kappa shape index (κ1) is 12.2. The van der Waals surface area contributed by atoms with Crippen LogP contribution in [-0.2, 0) is 9.53 Å². The Balaban J connectivity index is 2.68. The average molecular weight is 212 g/mol. The van der Waals surface area contributed by atoms with Crippen molar-refractivity contribution in [3.8, 4) is 0 Å². The van der Waals surface area contributed by atoms with Crippen LogP contribution in [0.15, 0.2) is 12.2 Å². The van der Waals surface area contributed by atoms with Crippen molar-refractivity contribution in [2.24, 2.45) is 5.41 Å². The Morgan fingerprint density at radius 1 is 1.60 bits per heavy atom. The third-order valence-electron chi connectivity index (χ3n) is 3.37. The van der Waals surface area contributed by atoms with E-state index in [-0.39, 0.29) is 0 Å². The minimum atomic E-state index is -0.705. The second-order valence-corrected chi connectivity index (χ2v) is 4.29. The predicted molar refractivity (Wildman–Crippen MR) is 58.8 cm³/mol. The van der Waals surface area contributed by atoms with Gasteiger partial charge in [-0.2, -0.15) is 0 Å². The molecule has 0 spiro atoms. The van der Waals surface area contributed by atoms with Gasteiger partial charge in [0.05, 0.1) is 5.41 Å². The molecule has 1 rings (SSSR count). The second-order valence-electron chi connectivity index (χ2n) is 4.29. The molecule has 0 aliphatic heterocycles. The van der Waals surface area contributed by atoms with Crippen molar-refractivity contribution >= 4 is 5.97 Å². The van der Waals surface area contributed by atoms with Gasteiger partial charge >= 0.3 is 5.97 Å². The minimum Gasteiger partial charge on any atom is -0.481 e. The van der Waals surface area contributed by atoms with Crippen LogP contribution in [0.2, 0.25) is 0 Å². The van der Waals surface area contributed by atoms with Crippen LogP contribution in [0.3, 0.4) is 0 Å². The first-order valence-corrected chi connectivity index (χ1v) is 5.54. The Hall–Kier alpha value is -0.830. The largest absolute Gasteiger partial charge is 0.481 e. The molecule has 1 aliphatic carbocycles. The van der Waals surface area contributed by atoms with Gasteiger partial charge in [0.1, 0.15) is 0 Å². The van der Waals surface area contributed by atoms with Gasteiger partial charge < -0.3 is 9.84 Å². The summed E-state index contributed by atoms with van der Waals surface area (Å²) < 4.78 is 4.97. The summed E-state index contributed by atoms with van der Waals surface area (Å²) in [6, 6.07) is 0. The summed E-state index contributed by atoms with van der Waals surface area (Å²) in [4.78, 5) is 11.4. The highest BCUT2D eigenvalue weighted by atomic mass is 16.5. The zero-order chi connectivity index (χ0) is 11.3. The van der Waals surface area contributed by atoms with Gasteiger partial charge in [-0.05, 0) is 32.1 Å². The van der Waals surface area contributed by atoms with Crippen LogP contribution in [0.5, 0.6) is 0 Å². The van der Waals surface area contributed by atoms with Crippen LogP contribution in [0.25, 0.3) is 0 Å². The summed E-state index contributed by atoms with van der Waals surface area (Å²) in [6.45, 7) is 4.57. The number of carboxylic acids is 1. The molecule has 0 bridgehead atoms. The lowest BCUT2D eigenvalue weighted by atomic mass is 9.68. The number of hydrogen-bond acceptors (Lipinski definition) is 2. The number of ether oxygens (including phenoxy) is 1. The zero-order valence-electron chi connectivity index (χ0n) is 9.42. The van der Waals surface area contributed by atoms with E-state index in [9.17, 15) is 9.90 Å². The number of aliphatic carboxylic acids is 1. The molecule has 0 aromatic carbocycles. The molecule has 3 heteroatoms. The fraction of sp³-hybridized carbons (Fsp3) is 0.750. The molecule has 15 heavy (non-hydrogen) atoms. The summed E-state index contributed by atoms with van der Waals surface area (Å²) in [5.41, 5.74) is 0.230. The highest BCUT2D eigenvalue weighted by Gasteiger charge is 2.41. The Morgan fingerprint density at radius 3 is 2.87 bits per heavy atom. The molecule has 1 saturated carbocycles. The molecule has 3 nitrogen and oxygen atoms in total. The van der Waals surface area contributed by atoms with Crippen LogP contribution in [0.1, 0.15) is 38.5 Å². The fourth-order valence-corrected chi connectivity index (χ4v) is 2.37. The third-order valence-corrected chi connectivity index (χ3v) is 3.37. The molecule has 1 atom stereocenters. The molecule has 0 aromatic heterocycles. The third kappa shape index (κ3) is 2.59. The number of rotatable bonds is 5. The van der Waals surface area contributed by atoms with E-state index in [1.54, 1.807) is 7.11 Å². The molecule has 0 amide bonds. The predicted octanol–water partition coefficient (Wildman–Crippen LogP) is 2.61. The highest BCUT2D eigenvalue weighted by molar-refractivity contribution is 5.78. The highest BCUT2D eigenvalue weighted by Crippen LogP contribution is 2.43. The Labute approximate surface area is 91.1 Å². The molecule has 0 radical (unpaired) electrons. The number of hydrogen-bond donors (Lipinski definition) is 1. The van der Waals surface area contributed by atoms with Gasteiger partial charge in [0.15, 0.2) is 0 Å². The number of methoxy groups -OCH3 is 1. The molecule has 0 aromatic rings. The second kappa shape index (κ2) is 5.31. The van der Waals surface area contributed by atoms with Gasteiger partial charge in [0, 0.05) is 13.7 Å². The SMILES string of the molecule is C=C1CCCCC1(CCCOC)C(=O)O. The van der Waals surface area contributed by atoms with E-state index in [4.69, 9.17) is 4.74 Å². The van der Waals surface area contributed by atoms with Crippen molar-refractivity contribution in [1.29, 1.82) is 0 Å². The van der Waals surface area contributed by atoms with Crippen LogP contribution < -0.4 is 0 Å². The summed E-state index contributed by atoms with van der Waals surface area (Å²) in [5.74, 6) is -0.705. The van der Waals surface area contributed by atoms with E-state index >= 15 is 0 Å². The molecular formula is C12H20O3. The van der Waals surface area contributed by atoms with E-state index in [1.807, 2.05) is 0 Å². The van der Waals surface area contributed by atoms with E-state index in [0.29, 0.717) is 13.0 Å². The van der Waals surface area contributed by atoms with Gasteiger partial charge in [-0.15, -0.1) is 0 Å². The Morgan fingerprint density at radius 2 is 2.33 bits per heavy atom. The quantitative estimate of drug-likeness (QED) is 0.563. The van der Waals surface area contributed by atoms with Gasteiger partial charge in [-0.1, -0.05) is 18.6 Å². The van der Waals surface area contributed by atoms with Gasteiger partial charge in [0.25, 0.3) is 0 Å². The average Bonchev–Trinajstić information content (AvgIpc) is 2.21. The molecule has 0 saturated heterocycles. The van der Waals surface area contributed by atoms with Crippen molar-refractivity contribution in [3.63, 3.8) is 0 Å². The summed E-state index contributed by atoms with van der Waals surface area (Å²) in [5, 5.41) is 9.36. The molecule has 1 fully saturated rings. The maximum Gasteiger partial charge on any atom is 0.313 e. The molecule has 1 N–H and O–H groups in total. The fourth-order valence-electron chi connectivity index (χ4n) is 2.37. The van der Waals surface area contributed by atoms with Crippen molar-refractivity contribution in [2.45, 2.75) is 38.5 Å². The van der Waals surface area contributed by atoms with E-state index in [0.717, 1.165) is 37.7 Å². The topological polar surface area (TPSA) is 46.5 Å². The Kier molecular flexibility index (Phi) is 4.33. The van der Waals surface area contributed by atoms with Crippen LogP contribution in [0, 0.1) is 5.41 Å². The van der Waals surface area contributed by atoms with E-state index in [2.05, 4.69) is 6.58 Å². The van der Waals surface area contributed by atoms with E-state index < -0.39 is 11.4 Å². The number of carboxylic acid groups (broad SMARTS) is 1. The first-order valence-electron chi connectivity index (χ1n) is 5.54. The van der Waals surface area contributed by atoms with E-state index in [1.165, 1.54) is 0 Å². The van der Waals surface area contributed by atoms with Gasteiger partial charge in [-0.3, -0.25) is 4.79 Å². The molecular weight excluding hydrogens is 192 g/mol. The lowest BCUT2D eigenvalue weighted by molar-refractivity contribution is -0.148. The summed E-state index contributed by atoms with van der Waals surface area (Å²) in [7, 11) is 1.64. The lowest BCUT2D eigenvalue weighted by Gasteiger charge is -2.35. The molecule has 1 aliphatic rings. The molecule has 1 unspecified atom stereocenters. The first-order chi connectivity index (χ1) is 7.13. The normalized spacial score (nSPS) is 26.6. The van der Waals surface area contributed by atoms with Crippen molar-refractivity contribution in [2.75, 3.05) is 13.7 Å². The maximum atomic E-state index is 11.4. The standard InChI is InChI=1S/C12H20O3/c1-10-6-3-4-7-12(10,11(13)14)8-5-9-15-2/h1,3-9H2,2H3,(H,13,14).